The Balaban J connectivity index is 2.48. The van der Waals surface area contributed by atoms with Crippen molar-refractivity contribution in [3.8, 4) is 0 Å². The summed E-state index contributed by atoms with van der Waals surface area (Å²) in [5.74, 6) is 0. The summed E-state index contributed by atoms with van der Waals surface area (Å²) in [7, 11) is -1.14. The molecule has 1 unspecified atom stereocenters. The lowest BCUT2D eigenvalue weighted by Gasteiger charge is -2.27. The van der Waals surface area contributed by atoms with Gasteiger partial charge < -0.3 is 0 Å². The molecule has 0 amide bonds. The van der Waals surface area contributed by atoms with Crippen LogP contribution in [0.3, 0.4) is 0 Å². The van der Waals surface area contributed by atoms with Gasteiger partial charge in [-0.3, -0.25) is 0 Å². The van der Waals surface area contributed by atoms with Crippen molar-refractivity contribution in [1.82, 2.24) is 0 Å². The quantitative estimate of drug-likeness (QED) is 0.330. The Kier molecular flexibility index (Phi) is 7.95. The van der Waals surface area contributed by atoms with E-state index in [1.807, 2.05) is 0 Å². The average molecular weight is 369 g/mol. The van der Waals surface area contributed by atoms with Gasteiger partial charge in [0.15, 0.2) is 0 Å². The van der Waals surface area contributed by atoms with Gasteiger partial charge in [-0.25, -0.2) is 0 Å². The van der Waals surface area contributed by atoms with Gasteiger partial charge in [-0.1, -0.05) is 73.7 Å². The summed E-state index contributed by atoms with van der Waals surface area (Å²) in [6, 6.07) is 1.44. The minimum absolute atomic E-state index is 1.14. The largest absolute Gasteiger partial charge is 0.103 e. The van der Waals surface area contributed by atoms with Crippen LogP contribution in [0, 0.1) is 34.6 Å². The van der Waals surface area contributed by atoms with E-state index in [-0.39, 0.29) is 0 Å². The third-order valence-electron chi connectivity index (χ3n) is 6.75. The molecule has 0 spiro atoms. The summed E-state index contributed by atoms with van der Waals surface area (Å²) in [6.07, 6.45) is 14.3. The summed E-state index contributed by atoms with van der Waals surface area (Å²) in [5.41, 5.74) is 9.48. The Morgan fingerprint density at radius 1 is 0.731 bits per heavy atom. The molecule has 1 heteroatoms. The smallest absolute Gasteiger partial charge is 0.0811 e. The molecule has 1 aromatic rings. The van der Waals surface area contributed by atoms with Crippen LogP contribution in [-0.2, 0) is 0 Å². The predicted molar refractivity (Wildman–Crippen MR) is 122 cm³/mol. The molecule has 1 atom stereocenters. The van der Waals surface area contributed by atoms with Crippen LogP contribution in [0.15, 0.2) is 22.9 Å². The molecule has 2 rings (SSSR count). The van der Waals surface area contributed by atoms with Crippen LogP contribution >= 0.6 is 0 Å². The van der Waals surface area contributed by atoms with Gasteiger partial charge in [-0.05, 0) is 81.7 Å². The molecular weight excluding hydrogens is 328 g/mol. The van der Waals surface area contributed by atoms with Crippen LogP contribution in [0.2, 0.25) is 6.04 Å². The highest BCUT2D eigenvalue weighted by Crippen LogP contribution is 2.31. The molecule has 0 saturated heterocycles. The third kappa shape index (κ3) is 4.42. The second-order valence-corrected chi connectivity index (χ2v) is 11.2. The Bertz CT molecular complexity index is 662. The van der Waals surface area contributed by atoms with Crippen LogP contribution < -0.4 is 5.19 Å². The van der Waals surface area contributed by atoms with Crippen LogP contribution in [-0.4, -0.2) is 8.80 Å². The molecule has 26 heavy (non-hydrogen) atoms. The molecule has 144 valence electrons. The Labute approximate surface area is 164 Å². The Morgan fingerprint density at radius 2 is 1.31 bits per heavy atom. The maximum atomic E-state index is 2.59. The van der Waals surface area contributed by atoms with Crippen LogP contribution in [0.25, 0.3) is 0 Å². The lowest BCUT2D eigenvalue weighted by Crippen LogP contribution is -2.38. The summed E-state index contributed by atoms with van der Waals surface area (Å²) < 4.78 is 0. The van der Waals surface area contributed by atoms with E-state index in [2.05, 4.69) is 60.6 Å². The van der Waals surface area contributed by atoms with Crippen molar-refractivity contribution in [3.63, 3.8) is 0 Å². The molecule has 0 N–H and O–H groups in total. The fraction of sp³-hybridized carbons (Fsp3) is 0.600. The molecule has 0 bridgehead atoms. The van der Waals surface area contributed by atoms with Crippen molar-refractivity contribution in [2.24, 2.45) is 0 Å². The van der Waals surface area contributed by atoms with Crippen LogP contribution in [0.5, 0.6) is 0 Å². The zero-order valence-corrected chi connectivity index (χ0v) is 19.5. The number of hydrogen-bond acceptors (Lipinski definition) is 0. The molecule has 0 saturated carbocycles. The molecule has 0 radical (unpaired) electrons. The maximum absolute atomic E-state index is 2.59. The van der Waals surface area contributed by atoms with Crippen molar-refractivity contribution in [2.45, 2.75) is 99.5 Å². The van der Waals surface area contributed by atoms with Crippen LogP contribution in [0.1, 0.15) is 86.6 Å². The number of unbranched alkanes of at least 4 members (excludes halogenated alkanes) is 3. The highest BCUT2D eigenvalue weighted by atomic mass is 28.3. The molecule has 0 aromatic heterocycles. The van der Waals surface area contributed by atoms with E-state index in [0.29, 0.717) is 0 Å². The first-order chi connectivity index (χ1) is 12.4. The summed E-state index contributed by atoms with van der Waals surface area (Å²) >= 11 is 0. The van der Waals surface area contributed by atoms with E-state index in [1.54, 1.807) is 27.1 Å². The van der Waals surface area contributed by atoms with Gasteiger partial charge >= 0.3 is 0 Å². The Morgan fingerprint density at radius 3 is 1.88 bits per heavy atom. The molecule has 0 fully saturated rings. The van der Waals surface area contributed by atoms with Gasteiger partial charge in [0.2, 0.25) is 0 Å². The highest BCUT2D eigenvalue weighted by molar-refractivity contribution is 6.81. The second kappa shape index (κ2) is 9.74. The van der Waals surface area contributed by atoms with E-state index in [9.17, 15) is 0 Å². The third-order valence-corrected chi connectivity index (χ3v) is 10.7. The summed E-state index contributed by atoms with van der Waals surface area (Å²) in [4.78, 5) is 0. The lowest BCUT2D eigenvalue weighted by molar-refractivity contribution is 0.766. The monoisotopic (exact) mass is 368 g/mol. The van der Waals surface area contributed by atoms with E-state index in [1.165, 1.54) is 67.7 Å². The Hall–Kier alpha value is -1.08. The van der Waals surface area contributed by atoms with Crippen molar-refractivity contribution in [1.29, 1.82) is 0 Å². The molecule has 1 aromatic carbocycles. The molecule has 0 aliphatic heterocycles. The van der Waals surface area contributed by atoms with Crippen molar-refractivity contribution in [3.05, 3.63) is 50.7 Å². The van der Waals surface area contributed by atoms with Crippen LogP contribution in [0.4, 0.5) is 0 Å². The topological polar surface area (TPSA) is 0 Å². The zero-order chi connectivity index (χ0) is 19.3. The van der Waals surface area contributed by atoms with E-state index in [0.717, 1.165) is 0 Å². The molecule has 0 heterocycles. The lowest BCUT2D eigenvalue weighted by atomic mass is 9.95. The maximum Gasteiger partial charge on any atom is 0.103 e. The van der Waals surface area contributed by atoms with E-state index in [4.69, 9.17) is 0 Å². The molecule has 0 nitrogen and oxygen atoms in total. The zero-order valence-electron chi connectivity index (χ0n) is 18.4. The predicted octanol–water partition coefficient (Wildman–Crippen LogP) is 6.84. The first-order valence-electron chi connectivity index (χ1n) is 10.9. The van der Waals surface area contributed by atoms with Gasteiger partial charge in [0.25, 0.3) is 0 Å². The normalized spacial score (nSPS) is 15.2. The highest BCUT2D eigenvalue weighted by Gasteiger charge is 2.27. The fourth-order valence-corrected chi connectivity index (χ4v) is 8.88. The average Bonchev–Trinajstić information content (AvgIpc) is 3.10. The van der Waals surface area contributed by atoms with E-state index < -0.39 is 8.80 Å². The van der Waals surface area contributed by atoms with Gasteiger partial charge in [-0.15, -0.1) is 0 Å². The number of hydrogen-bond donors (Lipinski definition) is 0. The first kappa shape index (κ1) is 21.2. The number of allylic oxidation sites excluding steroid dienone is 4. The van der Waals surface area contributed by atoms with Gasteiger partial charge in [0.05, 0.1) is 0 Å². The molecular formula is C25H40Si. The first-order valence-corrected chi connectivity index (χ1v) is 12.9. The molecule has 1 aliphatic carbocycles. The minimum Gasteiger partial charge on any atom is -0.0811 e. The minimum atomic E-state index is -1.14. The summed E-state index contributed by atoms with van der Waals surface area (Å²) in [6.45, 7) is 16.4. The van der Waals surface area contributed by atoms with Gasteiger partial charge in [0, 0.05) is 0 Å². The second-order valence-electron chi connectivity index (χ2n) is 8.32. The fourth-order valence-electron chi connectivity index (χ4n) is 4.66. The van der Waals surface area contributed by atoms with Crippen molar-refractivity contribution >= 4 is 14.0 Å². The summed E-state index contributed by atoms with van der Waals surface area (Å²) in [5, 5.41) is 3.57. The number of benzene rings is 1. The van der Waals surface area contributed by atoms with Gasteiger partial charge in [0.1, 0.15) is 8.80 Å². The van der Waals surface area contributed by atoms with Crippen molar-refractivity contribution in [2.75, 3.05) is 0 Å². The number of rotatable bonds is 9. The SMILES string of the molecule is CCCCC[SiH](C1=CCC=C1CCCC)c1c(C)c(C)c(C)c(C)c1C. The van der Waals surface area contributed by atoms with Gasteiger partial charge in [-0.2, -0.15) is 0 Å². The molecule has 1 aliphatic rings. The standard InChI is InChI=1S/C25H40Si/c1-8-10-12-17-26(24-16-13-15-23(24)14-11-9-2)25-21(6)19(4)18(3)20(5)22(25)7/h15-16,26H,8-14,17H2,1-7H3. The van der Waals surface area contributed by atoms with E-state index >= 15 is 0 Å². The van der Waals surface area contributed by atoms with Crippen molar-refractivity contribution < 1.29 is 0 Å².